The fourth-order valence-corrected chi connectivity index (χ4v) is 8.87. The van der Waals surface area contributed by atoms with E-state index < -0.39 is 0 Å². The molecule has 6 aromatic carbocycles. The van der Waals surface area contributed by atoms with E-state index in [1.807, 2.05) is 36.4 Å². The molecule has 2 atom stereocenters. The minimum absolute atomic E-state index is 0.282. The topological polar surface area (TPSA) is 46.8 Å². The summed E-state index contributed by atoms with van der Waals surface area (Å²) in [4.78, 5) is 18.1. The van der Waals surface area contributed by atoms with Gasteiger partial charge in [-0.25, -0.2) is 15.0 Å². The molecule has 1 saturated carbocycles. The lowest BCUT2D eigenvalue weighted by atomic mass is 9.91. The minimum atomic E-state index is -0.348. The molecule has 3 aliphatic rings. The van der Waals surface area contributed by atoms with Crippen LogP contribution in [0.1, 0.15) is 30.3 Å². The highest BCUT2D eigenvalue weighted by atomic mass is 15.2. The average molecular weight is 694 g/mol. The van der Waals surface area contributed by atoms with Gasteiger partial charge in [0.15, 0.2) is 11.6 Å². The van der Waals surface area contributed by atoms with Gasteiger partial charge in [-0.05, 0) is 53.5 Å². The molecule has 11 rings (SSSR count). The second-order valence-corrected chi connectivity index (χ2v) is 14.5. The molecule has 0 radical (unpaired) electrons. The van der Waals surface area contributed by atoms with Gasteiger partial charge in [0.05, 0.1) is 27.8 Å². The van der Waals surface area contributed by atoms with E-state index in [0.717, 1.165) is 40.4 Å². The standard InChI is InChI=1S/C49H35N5/c1-32-41-29-28-38(31-49(32,41)48-51-46(35-15-4-2-5-16-35)50-47(52-48)36-17-6-3-7-18-36)54-42-21-11-8-14-33(42)24-25-34-26-27-37(30-45(34)54)53-43-22-12-9-19-39(43)40-20-10-13-23-44(40)53/h2-30,32H,31H2,1H3/t32?,49-/m1/s1. The first-order valence-corrected chi connectivity index (χ1v) is 18.7. The first kappa shape index (κ1) is 30.7. The fraction of sp³-hybridized carbons (Fsp3) is 0.0816. The van der Waals surface area contributed by atoms with Crippen LogP contribution in [-0.2, 0) is 5.41 Å². The van der Waals surface area contributed by atoms with Gasteiger partial charge in [-0.3, -0.25) is 0 Å². The Kier molecular flexibility index (Phi) is 6.74. The van der Waals surface area contributed by atoms with E-state index in [2.05, 4.69) is 156 Å². The van der Waals surface area contributed by atoms with Crippen LogP contribution < -0.4 is 4.90 Å². The second kappa shape index (κ2) is 11.8. The van der Waals surface area contributed by atoms with Crippen molar-refractivity contribution in [3.05, 3.63) is 192 Å². The third-order valence-corrected chi connectivity index (χ3v) is 11.7. The lowest BCUT2D eigenvalue weighted by molar-refractivity contribution is 0.579. The summed E-state index contributed by atoms with van der Waals surface area (Å²) in [6.07, 6.45) is 9.93. The zero-order valence-corrected chi connectivity index (χ0v) is 29.8. The fourth-order valence-electron chi connectivity index (χ4n) is 8.87. The van der Waals surface area contributed by atoms with Gasteiger partial charge in [-0.1, -0.05) is 152 Å². The molecule has 2 aliphatic carbocycles. The van der Waals surface area contributed by atoms with Gasteiger partial charge < -0.3 is 9.47 Å². The molecule has 0 N–H and O–H groups in total. The molecule has 256 valence electrons. The highest BCUT2D eigenvalue weighted by Gasteiger charge is 2.62. The largest absolute Gasteiger partial charge is 0.313 e. The van der Waals surface area contributed by atoms with Gasteiger partial charge in [0.1, 0.15) is 5.82 Å². The second-order valence-electron chi connectivity index (χ2n) is 14.5. The van der Waals surface area contributed by atoms with Crippen LogP contribution in [0, 0.1) is 5.92 Å². The maximum atomic E-state index is 5.28. The first-order chi connectivity index (χ1) is 26.7. The molecule has 1 fully saturated rings. The normalized spacial score (nSPS) is 18.4. The van der Waals surface area contributed by atoms with Crippen molar-refractivity contribution in [2.45, 2.75) is 18.8 Å². The lowest BCUT2D eigenvalue weighted by Gasteiger charge is -2.33. The maximum Gasteiger partial charge on any atom is 0.163 e. The van der Waals surface area contributed by atoms with E-state index in [4.69, 9.17) is 15.0 Å². The minimum Gasteiger partial charge on any atom is -0.313 e. The zero-order chi connectivity index (χ0) is 35.8. The number of hydrogen-bond acceptors (Lipinski definition) is 4. The summed E-state index contributed by atoms with van der Waals surface area (Å²) in [6.45, 7) is 2.32. The molecule has 1 aliphatic heterocycles. The van der Waals surface area contributed by atoms with Gasteiger partial charge in [-0.15, -0.1) is 0 Å². The Bertz CT molecular complexity index is 2770. The predicted molar refractivity (Wildman–Crippen MR) is 221 cm³/mol. The SMILES string of the molecule is CC1C2=CC=C(N3c4ccccc4C=Cc4ccc(-n5c6ccccc6c6ccccc65)cc43)C[C@]21c1nc(-c2ccccc2)nc(-c2ccccc2)n1. The molecule has 54 heavy (non-hydrogen) atoms. The number of anilines is 2. The Labute approximate surface area is 313 Å². The van der Waals surface area contributed by atoms with Crippen molar-refractivity contribution in [2.75, 3.05) is 4.90 Å². The summed E-state index contributed by atoms with van der Waals surface area (Å²) < 4.78 is 2.41. The molecule has 0 bridgehead atoms. The van der Waals surface area contributed by atoms with Crippen molar-refractivity contribution >= 4 is 45.3 Å². The Morgan fingerprint density at radius 1 is 0.556 bits per heavy atom. The molecule has 0 amide bonds. The Balaban J connectivity index is 1.08. The van der Waals surface area contributed by atoms with E-state index in [0.29, 0.717) is 11.6 Å². The Morgan fingerprint density at radius 3 is 1.80 bits per heavy atom. The van der Waals surface area contributed by atoms with Crippen LogP contribution in [0.15, 0.2) is 175 Å². The summed E-state index contributed by atoms with van der Waals surface area (Å²) in [5.74, 6) is 2.52. The van der Waals surface area contributed by atoms with Crippen LogP contribution in [-0.4, -0.2) is 19.5 Å². The number of hydrogen-bond donors (Lipinski definition) is 0. The zero-order valence-electron chi connectivity index (χ0n) is 29.8. The molecule has 2 aromatic heterocycles. The smallest absolute Gasteiger partial charge is 0.163 e. The van der Waals surface area contributed by atoms with E-state index >= 15 is 0 Å². The number of nitrogens with zero attached hydrogens (tertiary/aromatic N) is 5. The predicted octanol–water partition coefficient (Wildman–Crippen LogP) is 11.7. The molecule has 5 nitrogen and oxygen atoms in total. The molecular weight excluding hydrogens is 659 g/mol. The highest BCUT2D eigenvalue weighted by Crippen LogP contribution is 2.64. The number of fused-ring (bicyclic) bond motifs is 6. The van der Waals surface area contributed by atoms with Gasteiger partial charge in [0.2, 0.25) is 0 Å². The van der Waals surface area contributed by atoms with Crippen molar-refractivity contribution in [3.63, 3.8) is 0 Å². The third kappa shape index (κ3) is 4.61. The van der Waals surface area contributed by atoms with E-state index in [9.17, 15) is 0 Å². The van der Waals surface area contributed by atoms with Crippen LogP contribution in [0.2, 0.25) is 0 Å². The van der Waals surface area contributed by atoms with Gasteiger partial charge in [0.25, 0.3) is 0 Å². The third-order valence-electron chi connectivity index (χ3n) is 11.7. The summed E-state index contributed by atoms with van der Waals surface area (Å²) in [5.41, 5.74) is 12.4. The van der Waals surface area contributed by atoms with Gasteiger partial charge in [-0.2, -0.15) is 0 Å². The quantitative estimate of drug-likeness (QED) is 0.180. The molecule has 5 heteroatoms. The monoisotopic (exact) mass is 693 g/mol. The number of para-hydroxylation sites is 3. The van der Waals surface area contributed by atoms with Crippen LogP contribution in [0.25, 0.3) is 62.4 Å². The van der Waals surface area contributed by atoms with Crippen LogP contribution in [0.5, 0.6) is 0 Å². The molecule has 0 spiro atoms. The maximum absolute atomic E-state index is 5.28. The van der Waals surface area contributed by atoms with Crippen LogP contribution in [0.3, 0.4) is 0 Å². The number of aromatic nitrogens is 4. The highest BCUT2D eigenvalue weighted by molar-refractivity contribution is 6.09. The number of benzene rings is 6. The molecular formula is C49H35N5. The van der Waals surface area contributed by atoms with E-state index in [1.165, 1.54) is 44.2 Å². The van der Waals surface area contributed by atoms with Crippen molar-refractivity contribution in [1.29, 1.82) is 0 Å². The molecule has 8 aromatic rings. The van der Waals surface area contributed by atoms with Crippen molar-refractivity contribution in [2.24, 2.45) is 5.92 Å². The summed E-state index contributed by atoms with van der Waals surface area (Å²) in [6, 6.07) is 53.6. The number of rotatable bonds is 5. The van der Waals surface area contributed by atoms with E-state index in [1.54, 1.807) is 0 Å². The van der Waals surface area contributed by atoms with Gasteiger partial charge in [0, 0.05) is 39.7 Å². The molecule has 0 saturated heterocycles. The lowest BCUT2D eigenvalue weighted by Crippen LogP contribution is -2.26. The average Bonchev–Trinajstić information content (AvgIpc) is 3.76. The first-order valence-electron chi connectivity index (χ1n) is 18.7. The van der Waals surface area contributed by atoms with Crippen molar-refractivity contribution in [1.82, 2.24) is 19.5 Å². The van der Waals surface area contributed by atoms with Crippen LogP contribution in [0.4, 0.5) is 11.4 Å². The van der Waals surface area contributed by atoms with E-state index in [-0.39, 0.29) is 11.3 Å². The molecule has 1 unspecified atom stereocenters. The van der Waals surface area contributed by atoms with Gasteiger partial charge >= 0.3 is 0 Å². The summed E-state index contributed by atoms with van der Waals surface area (Å²) >= 11 is 0. The Hall–Kier alpha value is -6.85. The van der Waals surface area contributed by atoms with Crippen LogP contribution >= 0.6 is 0 Å². The Morgan fingerprint density at radius 2 is 1.13 bits per heavy atom. The summed E-state index contributed by atoms with van der Waals surface area (Å²) in [5, 5.41) is 2.51. The number of allylic oxidation sites excluding steroid dienone is 4. The van der Waals surface area contributed by atoms with Crippen molar-refractivity contribution < 1.29 is 0 Å². The molecule has 3 heterocycles. The van der Waals surface area contributed by atoms with Crippen molar-refractivity contribution in [3.8, 4) is 28.5 Å². The summed E-state index contributed by atoms with van der Waals surface area (Å²) in [7, 11) is 0.